The number of hydrogen-bond acceptors (Lipinski definition) is 5. The highest BCUT2D eigenvalue weighted by Gasteiger charge is 2.21. The maximum atomic E-state index is 13.2. The van der Waals surface area contributed by atoms with Gasteiger partial charge in [-0.15, -0.1) is 11.3 Å². The molecule has 1 aliphatic rings. The molecule has 0 unspecified atom stereocenters. The Morgan fingerprint density at radius 2 is 2.00 bits per heavy atom. The number of nitrogens with zero attached hydrogens (tertiary/aromatic N) is 2. The van der Waals surface area contributed by atoms with Crippen molar-refractivity contribution in [1.29, 1.82) is 0 Å². The highest BCUT2D eigenvalue weighted by atomic mass is 35.5. The molecular weight excluding hydrogens is 434 g/mol. The van der Waals surface area contributed by atoms with E-state index in [0.717, 1.165) is 33.5 Å². The highest BCUT2D eigenvalue weighted by molar-refractivity contribution is 7.14. The van der Waals surface area contributed by atoms with E-state index in [1.165, 1.54) is 11.3 Å². The number of anilines is 1. The normalized spacial score (nSPS) is 12.9. The topological polar surface area (TPSA) is 65.4 Å². The van der Waals surface area contributed by atoms with Crippen LogP contribution in [0.3, 0.4) is 0 Å². The fraction of sp³-hybridized carbons (Fsp3) is 0.217. The lowest BCUT2D eigenvalue weighted by Crippen LogP contribution is -2.17. The van der Waals surface area contributed by atoms with Crippen molar-refractivity contribution in [3.05, 3.63) is 58.1 Å². The lowest BCUT2D eigenvalue weighted by molar-refractivity contribution is 0.101. The molecule has 4 aromatic rings. The quantitative estimate of drug-likeness (QED) is 0.426. The van der Waals surface area contributed by atoms with Crippen LogP contribution in [0.15, 0.2) is 41.8 Å². The Balaban J connectivity index is 1.43. The molecule has 2 aromatic heterocycles. The lowest BCUT2D eigenvalue weighted by Gasteiger charge is -2.18. The van der Waals surface area contributed by atoms with Gasteiger partial charge in [0.05, 0.1) is 5.69 Å². The molecule has 1 amide bonds. The third-order valence-electron chi connectivity index (χ3n) is 5.37. The number of amides is 1. The van der Waals surface area contributed by atoms with Gasteiger partial charge >= 0.3 is 0 Å². The van der Waals surface area contributed by atoms with Crippen molar-refractivity contribution in [2.24, 2.45) is 0 Å². The van der Waals surface area contributed by atoms with Crippen molar-refractivity contribution in [1.82, 2.24) is 9.55 Å². The number of hydrogen-bond donors (Lipinski definition) is 1. The Labute approximate surface area is 188 Å². The van der Waals surface area contributed by atoms with E-state index in [1.54, 1.807) is 0 Å². The number of aromatic nitrogens is 2. The monoisotopic (exact) mass is 453 g/mol. The molecule has 0 radical (unpaired) electrons. The molecule has 5 rings (SSSR count). The van der Waals surface area contributed by atoms with Crippen LogP contribution in [0.1, 0.15) is 23.0 Å². The van der Waals surface area contributed by atoms with Gasteiger partial charge in [0, 0.05) is 33.4 Å². The number of halogens is 1. The molecule has 8 heteroatoms. The molecule has 31 heavy (non-hydrogen) atoms. The zero-order valence-corrected chi connectivity index (χ0v) is 18.6. The fourth-order valence-electron chi connectivity index (χ4n) is 3.94. The highest BCUT2D eigenvalue weighted by Crippen LogP contribution is 2.35. The minimum absolute atomic E-state index is 0.185. The number of rotatable bonds is 4. The van der Waals surface area contributed by atoms with E-state index in [9.17, 15) is 4.79 Å². The molecule has 0 saturated heterocycles. The van der Waals surface area contributed by atoms with Crippen LogP contribution in [0.25, 0.3) is 22.2 Å². The zero-order chi connectivity index (χ0) is 21.5. The van der Waals surface area contributed by atoms with Crippen molar-refractivity contribution in [3.8, 4) is 22.8 Å². The SMILES string of the molecule is CCn1c(C(=O)Nc2nc(-c3ccc4c(c3)OCCO4)cs2)c(C)c2cc(Cl)ccc21. The summed E-state index contributed by atoms with van der Waals surface area (Å²) in [4.78, 5) is 17.8. The van der Waals surface area contributed by atoms with Crippen LogP contribution in [-0.2, 0) is 6.54 Å². The first kappa shape index (κ1) is 19.9. The Morgan fingerprint density at radius 1 is 1.19 bits per heavy atom. The molecule has 0 saturated carbocycles. The largest absolute Gasteiger partial charge is 0.486 e. The fourth-order valence-corrected chi connectivity index (χ4v) is 4.83. The number of carbonyl (C=O) groups excluding carboxylic acids is 1. The Bertz CT molecular complexity index is 1310. The molecule has 0 atom stereocenters. The van der Waals surface area contributed by atoms with Crippen LogP contribution in [0.2, 0.25) is 5.02 Å². The third kappa shape index (κ3) is 3.54. The van der Waals surface area contributed by atoms with E-state index in [4.69, 9.17) is 21.1 Å². The minimum Gasteiger partial charge on any atom is -0.486 e. The Morgan fingerprint density at radius 3 is 2.81 bits per heavy atom. The van der Waals surface area contributed by atoms with Gasteiger partial charge in [-0.25, -0.2) is 4.98 Å². The van der Waals surface area contributed by atoms with Crippen molar-refractivity contribution in [2.75, 3.05) is 18.5 Å². The average molecular weight is 454 g/mol. The van der Waals surface area contributed by atoms with Crippen molar-refractivity contribution >= 4 is 44.9 Å². The number of fused-ring (bicyclic) bond motifs is 2. The van der Waals surface area contributed by atoms with Crippen molar-refractivity contribution in [3.63, 3.8) is 0 Å². The number of ether oxygens (including phenoxy) is 2. The zero-order valence-electron chi connectivity index (χ0n) is 17.1. The minimum atomic E-state index is -0.185. The summed E-state index contributed by atoms with van der Waals surface area (Å²) in [6, 6.07) is 11.4. The summed E-state index contributed by atoms with van der Waals surface area (Å²) in [5, 5.41) is 7.06. The van der Waals surface area contributed by atoms with E-state index in [-0.39, 0.29) is 5.91 Å². The first-order chi connectivity index (χ1) is 15.0. The van der Waals surface area contributed by atoms with Crippen LogP contribution >= 0.6 is 22.9 Å². The average Bonchev–Trinajstić information content (AvgIpc) is 3.35. The Kier molecular flexibility index (Phi) is 5.08. The van der Waals surface area contributed by atoms with E-state index >= 15 is 0 Å². The lowest BCUT2D eigenvalue weighted by atomic mass is 10.1. The van der Waals surface area contributed by atoms with Crippen LogP contribution in [0.5, 0.6) is 11.5 Å². The summed E-state index contributed by atoms with van der Waals surface area (Å²) in [6.45, 7) is 5.73. The first-order valence-corrected chi connectivity index (χ1v) is 11.3. The molecule has 0 bridgehead atoms. The predicted octanol–water partition coefficient (Wildman–Crippen LogP) is 5.77. The van der Waals surface area contributed by atoms with Gasteiger partial charge in [0.1, 0.15) is 18.9 Å². The standard InChI is InChI=1S/C23H20ClN3O3S/c1-3-27-18-6-5-15(24)11-16(18)13(2)21(27)22(28)26-23-25-17(12-31-23)14-4-7-19-20(10-14)30-9-8-29-19/h4-7,10-12H,3,8-9H2,1-2H3,(H,25,26,28). The van der Waals surface area contributed by atoms with Crippen molar-refractivity contribution in [2.45, 2.75) is 20.4 Å². The number of carbonyl (C=O) groups is 1. The summed E-state index contributed by atoms with van der Waals surface area (Å²) in [7, 11) is 0. The van der Waals surface area contributed by atoms with E-state index in [0.29, 0.717) is 41.4 Å². The van der Waals surface area contributed by atoms with Crippen LogP contribution < -0.4 is 14.8 Å². The van der Waals surface area contributed by atoms with Gasteiger partial charge in [0.2, 0.25) is 0 Å². The molecular formula is C23H20ClN3O3S. The molecule has 2 aromatic carbocycles. The molecule has 0 aliphatic carbocycles. The smallest absolute Gasteiger partial charge is 0.274 e. The van der Waals surface area contributed by atoms with Crippen LogP contribution in [0.4, 0.5) is 5.13 Å². The number of thiazole rings is 1. The summed E-state index contributed by atoms with van der Waals surface area (Å²) in [5.74, 6) is 1.26. The van der Waals surface area contributed by atoms with E-state index in [2.05, 4.69) is 10.3 Å². The molecule has 3 heterocycles. The van der Waals surface area contributed by atoms with Gasteiger partial charge in [-0.2, -0.15) is 0 Å². The summed E-state index contributed by atoms with van der Waals surface area (Å²) < 4.78 is 13.2. The summed E-state index contributed by atoms with van der Waals surface area (Å²) in [5.41, 5.74) is 4.20. The maximum Gasteiger partial charge on any atom is 0.274 e. The Hall–Kier alpha value is -3.03. The second kappa shape index (κ2) is 7.90. The van der Waals surface area contributed by atoms with Crippen LogP contribution in [0, 0.1) is 6.92 Å². The first-order valence-electron chi connectivity index (χ1n) is 10.0. The maximum absolute atomic E-state index is 13.2. The molecule has 0 spiro atoms. The predicted molar refractivity (Wildman–Crippen MR) is 124 cm³/mol. The molecule has 1 aliphatic heterocycles. The third-order valence-corrected chi connectivity index (χ3v) is 6.37. The van der Waals surface area contributed by atoms with Crippen molar-refractivity contribution < 1.29 is 14.3 Å². The molecule has 0 fully saturated rings. The van der Waals surface area contributed by atoms with E-state index in [1.807, 2.05) is 60.2 Å². The summed E-state index contributed by atoms with van der Waals surface area (Å²) >= 11 is 7.56. The number of nitrogens with one attached hydrogen (secondary N) is 1. The molecule has 158 valence electrons. The van der Waals surface area contributed by atoms with E-state index < -0.39 is 0 Å². The van der Waals surface area contributed by atoms with Gasteiger partial charge in [0.15, 0.2) is 16.6 Å². The second-order valence-corrected chi connectivity index (χ2v) is 8.52. The van der Waals surface area contributed by atoms with Crippen LogP contribution in [-0.4, -0.2) is 28.7 Å². The van der Waals surface area contributed by atoms with Gasteiger partial charge in [-0.1, -0.05) is 11.6 Å². The van der Waals surface area contributed by atoms with Gasteiger partial charge in [0.25, 0.3) is 5.91 Å². The summed E-state index contributed by atoms with van der Waals surface area (Å²) in [6.07, 6.45) is 0. The second-order valence-electron chi connectivity index (χ2n) is 7.23. The van der Waals surface area contributed by atoms with Gasteiger partial charge < -0.3 is 14.0 Å². The number of benzene rings is 2. The van der Waals surface area contributed by atoms with Gasteiger partial charge in [-0.05, 0) is 55.8 Å². The number of aryl methyl sites for hydroxylation is 2. The molecule has 6 nitrogen and oxygen atoms in total. The van der Waals surface area contributed by atoms with Gasteiger partial charge in [-0.3, -0.25) is 10.1 Å². The molecule has 1 N–H and O–H groups in total.